The second-order valence-electron chi connectivity index (χ2n) is 7.19. The molecular formula is C21H24N2O3. The molecule has 2 aromatic carbocycles. The predicted octanol–water partition coefficient (Wildman–Crippen LogP) is 3.75. The number of hydrogen-bond acceptors (Lipinski definition) is 4. The number of amides is 1. The molecule has 0 radical (unpaired) electrons. The van der Waals surface area contributed by atoms with Gasteiger partial charge < -0.3 is 20.1 Å². The fourth-order valence-corrected chi connectivity index (χ4v) is 3.90. The highest BCUT2D eigenvalue weighted by Crippen LogP contribution is 2.36. The average Bonchev–Trinajstić information content (AvgIpc) is 3.15. The summed E-state index contributed by atoms with van der Waals surface area (Å²) < 4.78 is 5.78. The first-order chi connectivity index (χ1) is 12.5. The molecule has 0 aliphatic carbocycles. The third-order valence-electron chi connectivity index (χ3n) is 5.28. The van der Waals surface area contributed by atoms with Gasteiger partial charge in [-0.25, -0.2) is 0 Å². The summed E-state index contributed by atoms with van der Waals surface area (Å²) in [5.74, 6) is 0.324. The predicted molar refractivity (Wildman–Crippen MR) is 100 cm³/mol. The maximum atomic E-state index is 13.2. The number of fused-ring (bicyclic) bond motifs is 1. The zero-order valence-corrected chi connectivity index (χ0v) is 15.2. The molecule has 2 heterocycles. The number of carbonyl (C=O) groups excluding carboxylic acids is 1. The number of anilines is 1. The molecule has 2 aliphatic rings. The summed E-state index contributed by atoms with van der Waals surface area (Å²) in [5, 5.41) is 13.6. The van der Waals surface area contributed by atoms with Gasteiger partial charge in [0.2, 0.25) is 0 Å². The minimum absolute atomic E-state index is 0.0169. The van der Waals surface area contributed by atoms with Crippen LogP contribution in [0, 0.1) is 13.8 Å². The Balaban J connectivity index is 1.75. The Kier molecular flexibility index (Phi) is 4.32. The van der Waals surface area contributed by atoms with Crippen molar-refractivity contribution >= 4 is 11.6 Å². The largest absolute Gasteiger partial charge is 0.507 e. The Morgan fingerprint density at radius 2 is 1.96 bits per heavy atom. The van der Waals surface area contributed by atoms with Crippen LogP contribution in [0.5, 0.6) is 5.75 Å². The van der Waals surface area contributed by atoms with E-state index in [1.54, 1.807) is 0 Å². The van der Waals surface area contributed by atoms with Crippen molar-refractivity contribution in [3.63, 3.8) is 0 Å². The summed E-state index contributed by atoms with van der Waals surface area (Å²) in [6.45, 7) is 5.09. The number of phenols is 1. The monoisotopic (exact) mass is 352 g/mol. The van der Waals surface area contributed by atoms with Gasteiger partial charge in [-0.05, 0) is 67.6 Å². The van der Waals surface area contributed by atoms with E-state index in [-0.39, 0.29) is 18.2 Å². The van der Waals surface area contributed by atoms with Crippen LogP contribution in [-0.2, 0) is 4.74 Å². The molecule has 0 spiro atoms. The molecule has 0 bridgehead atoms. The van der Waals surface area contributed by atoms with Crippen LogP contribution in [0.15, 0.2) is 36.4 Å². The lowest BCUT2D eigenvalue weighted by molar-refractivity contribution is 0.0427. The lowest BCUT2D eigenvalue weighted by Crippen LogP contribution is -2.46. The van der Waals surface area contributed by atoms with Crippen molar-refractivity contribution in [1.82, 2.24) is 4.90 Å². The highest BCUT2D eigenvalue weighted by molar-refractivity contribution is 6.01. The quantitative estimate of drug-likeness (QED) is 0.883. The van der Waals surface area contributed by atoms with E-state index in [0.29, 0.717) is 17.9 Å². The Labute approximate surface area is 153 Å². The van der Waals surface area contributed by atoms with Gasteiger partial charge >= 0.3 is 0 Å². The Bertz CT molecular complexity index is 820. The first-order valence-corrected chi connectivity index (χ1v) is 9.13. The molecule has 4 rings (SSSR count). The summed E-state index contributed by atoms with van der Waals surface area (Å²) in [5.41, 5.74) is 4.12. The normalized spacial score (nSPS) is 22.2. The van der Waals surface area contributed by atoms with Crippen LogP contribution in [0.25, 0.3) is 0 Å². The van der Waals surface area contributed by atoms with E-state index < -0.39 is 0 Å². The fraction of sp³-hybridized carbons (Fsp3) is 0.381. The molecule has 2 N–H and O–H groups in total. The van der Waals surface area contributed by atoms with Gasteiger partial charge in [0.05, 0.1) is 11.7 Å². The molecule has 5 nitrogen and oxygen atoms in total. The number of ether oxygens (including phenoxy) is 1. The standard InChI is InChI=1S/C21H24N2O3/c1-13-10-15(11-14(2)19(13)24)20-22-18-8-4-3-7-17(18)21(25)23(20)12-16-6-5-9-26-16/h3-4,7-8,10-11,16,20,22,24H,5-6,9,12H2,1-2H3/t16-,20+/m0/s1. The molecule has 2 atom stereocenters. The summed E-state index contributed by atoms with van der Waals surface area (Å²) >= 11 is 0. The molecule has 2 aromatic rings. The first-order valence-electron chi connectivity index (χ1n) is 9.13. The topological polar surface area (TPSA) is 61.8 Å². The zero-order valence-electron chi connectivity index (χ0n) is 15.2. The highest BCUT2D eigenvalue weighted by atomic mass is 16.5. The minimum Gasteiger partial charge on any atom is -0.507 e. The van der Waals surface area contributed by atoms with Gasteiger partial charge in [0, 0.05) is 18.8 Å². The molecule has 1 amide bonds. The lowest BCUT2D eigenvalue weighted by Gasteiger charge is -2.39. The number of nitrogens with one attached hydrogen (secondary N) is 1. The van der Waals surface area contributed by atoms with E-state index in [9.17, 15) is 9.90 Å². The van der Waals surface area contributed by atoms with Gasteiger partial charge in [-0.2, -0.15) is 0 Å². The van der Waals surface area contributed by atoms with Crippen LogP contribution in [0.4, 0.5) is 5.69 Å². The lowest BCUT2D eigenvalue weighted by atomic mass is 9.99. The SMILES string of the molecule is Cc1cc([C@@H]2Nc3ccccc3C(=O)N2C[C@@H]2CCCO2)cc(C)c1O. The van der Waals surface area contributed by atoms with Gasteiger partial charge in [-0.15, -0.1) is 0 Å². The number of rotatable bonds is 3. The van der Waals surface area contributed by atoms with E-state index in [4.69, 9.17) is 4.74 Å². The number of para-hydroxylation sites is 1. The number of nitrogens with zero attached hydrogens (tertiary/aromatic N) is 1. The highest BCUT2D eigenvalue weighted by Gasteiger charge is 2.35. The van der Waals surface area contributed by atoms with Crippen LogP contribution in [0.2, 0.25) is 0 Å². The molecule has 2 aliphatic heterocycles. The number of benzene rings is 2. The van der Waals surface area contributed by atoms with Crippen molar-refractivity contribution in [1.29, 1.82) is 0 Å². The van der Waals surface area contributed by atoms with Gasteiger partial charge in [-0.1, -0.05) is 12.1 Å². The number of aryl methyl sites for hydroxylation is 2. The number of aromatic hydroxyl groups is 1. The van der Waals surface area contributed by atoms with Crippen molar-refractivity contribution in [2.45, 2.75) is 39.0 Å². The summed E-state index contributed by atoms with van der Waals surface area (Å²) in [6.07, 6.45) is 1.82. The molecule has 136 valence electrons. The summed E-state index contributed by atoms with van der Waals surface area (Å²) in [7, 11) is 0. The van der Waals surface area contributed by atoms with E-state index in [1.807, 2.05) is 55.1 Å². The maximum absolute atomic E-state index is 13.2. The summed E-state index contributed by atoms with van der Waals surface area (Å²) in [6, 6.07) is 11.5. The Hall–Kier alpha value is -2.53. The Morgan fingerprint density at radius 3 is 2.65 bits per heavy atom. The molecule has 0 aromatic heterocycles. The van der Waals surface area contributed by atoms with Crippen molar-refractivity contribution in [3.05, 3.63) is 58.7 Å². The van der Waals surface area contributed by atoms with Crippen molar-refractivity contribution in [2.24, 2.45) is 0 Å². The second kappa shape index (κ2) is 6.65. The fourth-order valence-electron chi connectivity index (χ4n) is 3.90. The van der Waals surface area contributed by atoms with Gasteiger partial charge in [0.15, 0.2) is 0 Å². The van der Waals surface area contributed by atoms with Crippen LogP contribution < -0.4 is 5.32 Å². The van der Waals surface area contributed by atoms with E-state index in [2.05, 4.69) is 5.32 Å². The molecule has 1 fully saturated rings. The van der Waals surface area contributed by atoms with Crippen molar-refractivity contribution in [2.75, 3.05) is 18.5 Å². The van der Waals surface area contributed by atoms with Gasteiger partial charge in [0.25, 0.3) is 5.91 Å². The minimum atomic E-state index is -0.278. The zero-order chi connectivity index (χ0) is 18.3. The molecule has 5 heteroatoms. The maximum Gasteiger partial charge on any atom is 0.257 e. The number of carbonyl (C=O) groups is 1. The van der Waals surface area contributed by atoms with E-state index >= 15 is 0 Å². The van der Waals surface area contributed by atoms with Gasteiger partial charge in [-0.3, -0.25) is 4.79 Å². The number of hydrogen-bond donors (Lipinski definition) is 2. The second-order valence-corrected chi connectivity index (χ2v) is 7.19. The third kappa shape index (κ3) is 2.92. The van der Waals surface area contributed by atoms with Crippen LogP contribution >= 0.6 is 0 Å². The van der Waals surface area contributed by atoms with E-state index in [0.717, 1.165) is 41.8 Å². The molecule has 1 saturated heterocycles. The summed E-state index contributed by atoms with van der Waals surface area (Å²) in [4.78, 5) is 15.1. The van der Waals surface area contributed by atoms with Crippen LogP contribution in [0.1, 0.15) is 46.1 Å². The smallest absolute Gasteiger partial charge is 0.257 e. The molecule has 26 heavy (non-hydrogen) atoms. The van der Waals surface area contributed by atoms with Gasteiger partial charge in [0.1, 0.15) is 11.9 Å². The van der Waals surface area contributed by atoms with Crippen LogP contribution in [0.3, 0.4) is 0 Å². The molecular weight excluding hydrogens is 328 g/mol. The first kappa shape index (κ1) is 16.9. The third-order valence-corrected chi connectivity index (χ3v) is 5.28. The van der Waals surface area contributed by atoms with Crippen molar-refractivity contribution < 1.29 is 14.6 Å². The van der Waals surface area contributed by atoms with E-state index in [1.165, 1.54) is 0 Å². The molecule has 0 unspecified atom stereocenters. The molecule has 0 saturated carbocycles. The average molecular weight is 352 g/mol. The Morgan fingerprint density at radius 1 is 1.23 bits per heavy atom. The van der Waals surface area contributed by atoms with Crippen LogP contribution in [-0.4, -0.2) is 35.2 Å². The number of phenolic OH excluding ortho intramolecular Hbond substituents is 1. The van der Waals surface area contributed by atoms with Crippen molar-refractivity contribution in [3.8, 4) is 5.75 Å².